The molecule has 1 saturated heterocycles. The molecule has 0 amide bonds. The first-order valence-corrected chi connectivity index (χ1v) is 11.1. The Balaban J connectivity index is 1.49. The second-order valence-electron chi connectivity index (χ2n) is 8.04. The van der Waals surface area contributed by atoms with Crippen molar-refractivity contribution < 1.29 is 24.1 Å². The Hall–Kier alpha value is -2.32. The first-order chi connectivity index (χ1) is 15.6. The maximum atomic E-state index is 10.8. The van der Waals surface area contributed by atoms with Gasteiger partial charge in [-0.15, -0.1) is 0 Å². The summed E-state index contributed by atoms with van der Waals surface area (Å²) >= 11 is 0. The van der Waals surface area contributed by atoms with E-state index in [1.165, 1.54) is 5.56 Å². The van der Waals surface area contributed by atoms with Crippen LogP contribution in [0.15, 0.2) is 42.5 Å². The van der Waals surface area contributed by atoms with Crippen LogP contribution in [-0.4, -0.2) is 82.6 Å². The minimum Gasteiger partial charge on any atom is -0.493 e. The summed E-state index contributed by atoms with van der Waals surface area (Å²) in [6.07, 6.45) is 0.130. The molecular weight excluding hydrogens is 408 g/mol. The second-order valence-corrected chi connectivity index (χ2v) is 8.04. The molecule has 0 spiro atoms. The predicted molar refractivity (Wildman–Crippen MR) is 125 cm³/mol. The van der Waals surface area contributed by atoms with Crippen LogP contribution in [0.1, 0.15) is 29.8 Å². The molecule has 7 nitrogen and oxygen atoms in total. The van der Waals surface area contributed by atoms with Gasteiger partial charge in [-0.3, -0.25) is 4.90 Å². The van der Waals surface area contributed by atoms with Gasteiger partial charge >= 0.3 is 0 Å². The summed E-state index contributed by atoms with van der Waals surface area (Å²) in [7, 11) is 6.51. The quantitative estimate of drug-likeness (QED) is 0.571. The minimum absolute atomic E-state index is 0.0876. The van der Waals surface area contributed by atoms with Crippen LogP contribution in [0, 0.1) is 0 Å². The standard InChI is InChI=1S/C25H36N2O5/c1-29-22-16-20(17-23(30-2)25(22)32-4)21(28)10-11-26-12-14-27(15-13-26)18-24(31-3)19-8-6-5-7-9-19/h5-9,16-17,21,24,28H,10-15,18H2,1-4H3. The van der Waals surface area contributed by atoms with E-state index in [4.69, 9.17) is 18.9 Å². The van der Waals surface area contributed by atoms with Crippen molar-refractivity contribution in [1.82, 2.24) is 9.80 Å². The Kier molecular flexibility index (Phi) is 9.17. The van der Waals surface area contributed by atoms with Gasteiger partial charge in [0, 0.05) is 46.4 Å². The molecule has 0 aromatic heterocycles. The highest BCUT2D eigenvalue weighted by Gasteiger charge is 2.22. The molecule has 176 valence electrons. The predicted octanol–water partition coefficient (Wildman–Crippen LogP) is 3.14. The zero-order valence-electron chi connectivity index (χ0n) is 19.6. The summed E-state index contributed by atoms with van der Waals surface area (Å²) in [5.41, 5.74) is 1.98. The van der Waals surface area contributed by atoms with Crippen LogP contribution in [0.25, 0.3) is 0 Å². The molecule has 1 fully saturated rings. The molecule has 0 radical (unpaired) electrons. The highest BCUT2D eigenvalue weighted by atomic mass is 16.5. The van der Waals surface area contributed by atoms with Crippen LogP contribution >= 0.6 is 0 Å². The van der Waals surface area contributed by atoms with Gasteiger partial charge in [-0.2, -0.15) is 0 Å². The van der Waals surface area contributed by atoms with Crippen LogP contribution < -0.4 is 14.2 Å². The van der Waals surface area contributed by atoms with Crippen LogP contribution in [0.5, 0.6) is 17.2 Å². The fourth-order valence-corrected chi connectivity index (χ4v) is 4.18. The lowest BCUT2D eigenvalue weighted by Crippen LogP contribution is -2.47. The third-order valence-corrected chi connectivity index (χ3v) is 6.14. The number of hydrogen-bond donors (Lipinski definition) is 1. The van der Waals surface area contributed by atoms with Gasteiger partial charge in [-0.05, 0) is 29.7 Å². The van der Waals surface area contributed by atoms with Crippen LogP contribution in [0.2, 0.25) is 0 Å². The van der Waals surface area contributed by atoms with Gasteiger partial charge in [0.1, 0.15) is 0 Å². The van der Waals surface area contributed by atoms with Gasteiger partial charge in [0.25, 0.3) is 0 Å². The van der Waals surface area contributed by atoms with Crippen molar-refractivity contribution in [2.24, 2.45) is 0 Å². The molecule has 2 unspecified atom stereocenters. The molecule has 32 heavy (non-hydrogen) atoms. The molecule has 2 aromatic rings. The molecule has 1 N–H and O–H groups in total. The van der Waals surface area contributed by atoms with Crippen molar-refractivity contribution in [3.63, 3.8) is 0 Å². The Morgan fingerprint density at radius 1 is 0.812 bits per heavy atom. The highest BCUT2D eigenvalue weighted by Crippen LogP contribution is 2.40. The lowest BCUT2D eigenvalue weighted by atomic mass is 10.0. The number of hydrogen-bond acceptors (Lipinski definition) is 7. The smallest absolute Gasteiger partial charge is 0.203 e. The number of piperazine rings is 1. The summed E-state index contributed by atoms with van der Waals surface area (Å²) in [6, 6.07) is 14.0. The fourth-order valence-electron chi connectivity index (χ4n) is 4.18. The second kappa shape index (κ2) is 12.1. The largest absolute Gasteiger partial charge is 0.493 e. The van der Waals surface area contributed by atoms with Gasteiger partial charge < -0.3 is 29.0 Å². The van der Waals surface area contributed by atoms with Crippen LogP contribution in [-0.2, 0) is 4.74 Å². The van der Waals surface area contributed by atoms with Crippen molar-refractivity contribution in [2.45, 2.75) is 18.6 Å². The van der Waals surface area contributed by atoms with E-state index in [1.54, 1.807) is 28.4 Å². The number of benzene rings is 2. The number of aliphatic hydroxyl groups is 1. The molecule has 2 atom stereocenters. The van der Waals surface area contributed by atoms with Crippen LogP contribution in [0.3, 0.4) is 0 Å². The van der Waals surface area contributed by atoms with E-state index in [0.717, 1.165) is 44.8 Å². The minimum atomic E-state index is -0.599. The molecule has 1 aliphatic rings. The van der Waals surface area contributed by atoms with E-state index in [0.29, 0.717) is 23.7 Å². The number of nitrogens with zero attached hydrogens (tertiary/aromatic N) is 2. The lowest BCUT2D eigenvalue weighted by Gasteiger charge is -2.36. The van der Waals surface area contributed by atoms with Crippen LogP contribution in [0.4, 0.5) is 0 Å². The number of methoxy groups -OCH3 is 4. The van der Waals surface area contributed by atoms with Gasteiger partial charge in [0.15, 0.2) is 11.5 Å². The summed E-state index contributed by atoms with van der Waals surface area (Å²) in [5.74, 6) is 1.65. The third-order valence-electron chi connectivity index (χ3n) is 6.14. The molecule has 2 aromatic carbocycles. The average molecular weight is 445 g/mol. The number of ether oxygens (including phenoxy) is 4. The molecule has 3 rings (SSSR count). The first kappa shape index (κ1) is 24.3. The van der Waals surface area contributed by atoms with Gasteiger partial charge in [0.05, 0.1) is 33.5 Å². The van der Waals surface area contributed by atoms with Crippen molar-refractivity contribution in [3.05, 3.63) is 53.6 Å². The highest BCUT2D eigenvalue weighted by molar-refractivity contribution is 5.54. The van der Waals surface area contributed by atoms with Crippen molar-refractivity contribution >= 4 is 0 Å². The third kappa shape index (κ3) is 6.13. The number of rotatable bonds is 11. The van der Waals surface area contributed by atoms with Crippen molar-refractivity contribution in [1.29, 1.82) is 0 Å². The summed E-state index contributed by atoms with van der Waals surface area (Å²) in [4.78, 5) is 4.86. The normalized spacial score (nSPS) is 17.0. The molecular formula is C25H36N2O5. The van der Waals surface area contributed by atoms with E-state index in [9.17, 15) is 5.11 Å². The van der Waals surface area contributed by atoms with E-state index in [1.807, 2.05) is 18.2 Å². The fraction of sp³-hybridized carbons (Fsp3) is 0.520. The Labute approximate surface area is 191 Å². The summed E-state index contributed by atoms with van der Waals surface area (Å²) in [5, 5.41) is 10.8. The SMILES string of the molecule is COc1cc(C(O)CCN2CCN(CC(OC)c3ccccc3)CC2)cc(OC)c1OC. The van der Waals surface area contributed by atoms with E-state index >= 15 is 0 Å². The van der Waals surface area contributed by atoms with Gasteiger partial charge in [-0.1, -0.05) is 30.3 Å². The Morgan fingerprint density at radius 2 is 1.41 bits per heavy atom. The zero-order chi connectivity index (χ0) is 22.9. The molecule has 1 aliphatic heterocycles. The maximum Gasteiger partial charge on any atom is 0.203 e. The van der Waals surface area contributed by atoms with Gasteiger partial charge in [0.2, 0.25) is 5.75 Å². The maximum absolute atomic E-state index is 10.8. The van der Waals surface area contributed by atoms with Crippen molar-refractivity contribution in [3.8, 4) is 17.2 Å². The first-order valence-electron chi connectivity index (χ1n) is 11.1. The number of aliphatic hydroxyl groups excluding tert-OH is 1. The molecule has 0 aliphatic carbocycles. The Morgan fingerprint density at radius 3 is 1.94 bits per heavy atom. The molecule has 7 heteroatoms. The molecule has 1 heterocycles. The van der Waals surface area contributed by atoms with E-state index in [-0.39, 0.29) is 6.10 Å². The molecule has 0 bridgehead atoms. The van der Waals surface area contributed by atoms with Gasteiger partial charge in [-0.25, -0.2) is 0 Å². The topological polar surface area (TPSA) is 63.6 Å². The average Bonchev–Trinajstić information content (AvgIpc) is 2.85. The molecule has 0 saturated carbocycles. The van der Waals surface area contributed by atoms with Crippen molar-refractivity contribution in [2.75, 3.05) is 67.7 Å². The monoisotopic (exact) mass is 444 g/mol. The zero-order valence-corrected chi connectivity index (χ0v) is 19.6. The summed E-state index contributed by atoms with van der Waals surface area (Å²) < 4.78 is 21.9. The summed E-state index contributed by atoms with van der Waals surface area (Å²) in [6.45, 7) is 5.67. The van der Waals surface area contributed by atoms with E-state index < -0.39 is 6.10 Å². The van der Waals surface area contributed by atoms with E-state index in [2.05, 4.69) is 34.1 Å². The Bertz CT molecular complexity index is 799. The lowest BCUT2D eigenvalue weighted by molar-refractivity contribution is 0.0387.